The molecule has 0 aromatic heterocycles. The summed E-state index contributed by atoms with van der Waals surface area (Å²) in [4.78, 5) is 11.4. The molecule has 0 heterocycles. The molecule has 13 heavy (non-hydrogen) atoms. The molecule has 0 spiro atoms. The van der Waals surface area contributed by atoms with Gasteiger partial charge in [-0.15, -0.1) is 0 Å². The van der Waals surface area contributed by atoms with Gasteiger partial charge in [0.1, 0.15) is 0 Å². The van der Waals surface area contributed by atoms with Gasteiger partial charge in [0.25, 0.3) is 0 Å². The molecule has 0 rings (SSSR count). The van der Waals surface area contributed by atoms with Crippen LogP contribution in [0.25, 0.3) is 0 Å². The number of hydrogen-bond acceptors (Lipinski definition) is 3. The Balaban J connectivity index is 4.23. The SMILES string of the molecule is CCC(OC)OC(=O)C(C)=C(C)C. The summed E-state index contributed by atoms with van der Waals surface area (Å²) in [6, 6.07) is 0. The Kier molecular flexibility index (Phi) is 5.39. The van der Waals surface area contributed by atoms with Crippen LogP contribution < -0.4 is 0 Å². The molecule has 0 saturated carbocycles. The monoisotopic (exact) mass is 186 g/mol. The number of ether oxygens (including phenoxy) is 2. The average molecular weight is 186 g/mol. The highest BCUT2D eigenvalue weighted by Crippen LogP contribution is 2.08. The molecule has 0 aromatic rings. The van der Waals surface area contributed by atoms with Crippen molar-refractivity contribution in [2.45, 2.75) is 40.4 Å². The molecule has 0 bridgehead atoms. The van der Waals surface area contributed by atoms with E-state index in [4.69, 9.17) is 9.47 Å². The van der Waals surface area contributed by atoms with Crippen molar-refractivity contribution in [3.8, 4) is 0 Å². The van der Waals surface area contributed by atoms with E-state index in [0.717, 1.165) is 5.57 Å². The number of allylic oxidation sites excluding steroid dienone is 1. The molecule has 0 N–H and O–H groups in total. The second-order valence-corrected chi connectivity index (χ2v) is 3.10. The van der Waals surface area contributed by atoms with Crippen molar-refractivity contribution in [1.82, 2.24) is 0 Å². The van der Waals surface area contributed by atoms with Crippen LogP contribution in [0.1, 0.15) is 34.1 Å². The van der Waals surface area contributed by atoms with E-state index >= 15 is 0 Å². The molecule has 1 unspecified atom stereocenters. The van der Waals surface area contributed by atoms with Gasteiger partial charge in [0.2, 0.25) is 6.29 Å². The molecule has 0 aliphatic heterocycles. The lowest BCUT2D eigenvalue weighted by Crippen LogP contribution is -2.20. The zero-order valence-electron chi connectivity index (χ0n) is 9.01. The van der Waals surface area contributed by atoms with Crippen LogP contribution >= 0.6 is 0 Å². The highest BCUT2D eigenvalue weighted by Gasteiger charge is 2.13. The lowest BCUT2D eigenvalue weighted by Gasteiger charge is -2.14. The number of rotatable bonds is 4. The molecular weight excluding hydrogens is 168 g/mol. The van der Waals surface area contributed by atoms with E-state index in [1.807, 2.05) is 20.8 Å². The van der Waals surface area contributed by atoms with Crippen molar-refractivity contribution >= 4 is 5.97 Å². The Morgan fingerprint density at radius 1 is 1.31 bits per heavy atom. The topological polar surface area (TPSA) is 35.5 Å². The fourth-order valence-corrected chi connectivity index (χ4v) is 0.710. The molecule has 3 nitrogen and oxygen atoms in total. The van der Waals surface area contributed by atoms with Crippen LogP contribution in [0.2, 0.25) is 0 Å². The van der Waals surface area contributed by atoms with E-state index in [2.05, 4.69) is 0 Å². The summed E-state index contributed by atoms with van der Waals surface area (Å²) in [6.07, 6.45) is 0.236. The zero-order chi connectivity index (χ0) is 10.4. The number of methoxy groups -OCH3 is 1. The van der Waals surface area contributed by atoms with Gasteiger partial charge < -0.3 is 9.47 Å². The van der Waals surface area contributed by atoms with Crippen molar-refractivity contribution in [1.29, 1.82) is 0 Å². The van der Waals surface area contributed by atoms with Crippen LogP contribution in [-0.2, 0) is 14.3 Å². The van der Waals surface area contributed by atoms with Gasteiger partial charge in [-0.3, -0.25) is 0 Å². The predicted octanol–water partition coefficient (Wildman–Crippen LogP) is 2.27. The third-order valence-corrected chi connectivity index (χ3v) is 1.89. The summed E-state index contributed by atoms with van der Waals surface area (Å²) in [7, 11) is 1.53. The third-order valence-electron chi connectivity index (χ3n) is 1.89. The van der Waals surface area contributed by atoms with Crippen molar-refractivity contribution in [2.24, 2.45) is 0 Å². The summed E-state index contributed by atoms with van der Waals surface area (Å²) >= 11 is 0. The summed E-state index contributed by atoms with van der Waals surface area (Å²) in [6.45, 7) is 7.41. The second-order valence-electron chi connectivity index (χ2n) is 3.10. The Morgan fingerprint density at radius 2 is 1.85 bits per heavy atom. The quantitative estimate of drug-likeness (QED) is 0.384. The first kappa shape index (κ1) is 12.2. The third kappa shape index (κ3) is 4.08. The van der Waals surface area contributed by atoms with E-state index < -0.39 is 6.29 Å². The van der Waals surface area contributed by atoms with Crippen molar-refractivity contribution < 1.29 is 14.3 Å². The maximum Gasteiger partial charge on any atom is 0.335 e. The fraction of sp³-hybridized carbons (Fsp3) is 0.700. The van der Waals surface area contributed by atoms with E-state index in [-0.39, 0.29) is 5.97 Å². The number of carbonyl (C=O) groups is 1. The minimum atomic E-state index is -0.429. The largest absolute Gasteiger partial charge is 0.432 e. The molecule has 1 atom stereocenters. The molecule has 3 heteroatoms. The van der Waals surface area contributed by atoms with E-state index in [0.29, 0.717) is 12.0 Å². The number of esters is 1. The van der Waals surface area contributed by atoms with Crippen LogP contribution in [0.15, 0.2) is 11.1 Å². The van der Waals surface area contributed by atoms with Gasteiger partial charge in [0.15, 0.2) is 0 Å². The second kappa shape index (κ2) is 5.75. The Labute approximate surface area is 79.7 Å². The average Bonchev–Trinajstić information content (AvgIpc) is 2.12. The van der Waals surface area contributed by atoms with Crippen molar-refractivity contribution in [3.05, 3.63) is 11.1 Å². The van der Waals surface area contributed by atoms with Crippen LogP contribution in [0.4, 0.5) is 0 Å². The zero-order valence-corrected chi connectivity index (χ0v) is 9.01. The lowest BCUT2D eigenvalue weighted by atomic mass is 10.2. The van der Waals surface area contributed by atoms with Gasteiger partial charge in [-0.25, -0.2) is 4.79 Å². The van der Waals surface area contributed by atoms with Gasteiger partial charge in [-0.05, 0) is 20.8 Å². The maximum absolute atomic E-state index is 11.4. The summed E-state index contributed by atoms with van der Waals surface area (Å²) in [5, 5.41) is 0. The highest BCUT2D eigenvalue weighted by molar-refractivity contribution is 5.88. The van der Waals surface area contributed by atoms with E-state index in [1.54, 1.807) is 6.92 Å². The maximum atomic E-state index is 11.4. The minimum absolute atomic E-state index is 0.297. The van der Waals surface area contributed by atoms with E-state index in [1.165, 1.54) is 7.11 Å². The fourth-order valence-electron chi connectivity index (χ4n) is 0.710. The Morgan fingerprint density at radius 3 is 2.15 bits per heavy atom. The summed E-state index contributed by atoms with van der Waals surface area (Å²) in [5.41, 5.74) is 1.62. The molecule has 0 aliphatic rings. The van der Waals surface area contributed by atoms with Gasteiger partial charge in [-0.2, -0.15) is 0 Å². The minimum Gasteiger partial charge on any atom is -0.432 e. The number of hydrogen-bond donors (Lipinski definition) is 0. The Bertz CT molecular complexity index is 198. The van der Waals surface area contributed by atoms with Gasteiger partial charge >= 0.3 is 5.97 Å². The Hall–Kier alpha value is -0.830. The van der Waals surface area contributed by atoms with Crippen molar-refractivity contribution in [3.63, 3.8) is 0 Å². The van der Waals surface area contributed by atoms with E-state index in [9.17, 15) is 4.79 Å². The van der Waals surface area contributed by atoms with Crippen LogP contribution in [0.5, 0.6) is 0 Å². The number of carbonyl (C=O) groups excluding carboxylic acids is 1. The van der Waals surface area contributed by atoms with Crippen LogP contribution in [0.3, 0.4) is 0 Å². The molecule has 0 aliphatic carbocycles. The molecule has 0 aromatic carbocycles. The van der Waals surface area contributed by atoms with Gasteiger partial charge in [0.05, 0.1) is 0 Å². The van der Waals surface area contributed by atoms with Crippen molar-refractivity contribution in [2.75, 3.05) is 7.11 Å². The van der Waals surface area contributed by atoms with Crippen LogP contribution in [-0.4, -0.2) is 19.4 Å². The first-order chi connectivity index (χ1) is 6.02. The van der Waals surface area contributed by atoms with Crippen LogP contribution in [0, 0.1) is 0 Å². The molecule has 0 saturated heterocycles. The normalized spacial score (nSPS) is 12.1. The summed E-state index contributed by atoms with van der Waals surface area (Å²) < 4.78 is 9.99. The standard InChI is InChI=1S/C10H18O3/c1-6-9(12-5)13-10(11)8(4)7(2)3/h9H,6H2,1-5H3. The smallest absolute Gasteiger partial charge is 0.335 e. The van der Waals surface area contributed by atoms with Gasteiger partial charge in [0, 0.05) is 19.1 Å². The van der Waals surface area contributed by atoms with Gasteiger partial charge in [-0.1, -0.05) is 12.5 Å². The lowest BCUT2D eigenvalue weighted by molar-refractivity contribution is -0.169. The molecule has 76 valence electrons. The first-order valence-electron chi connectivity index (χ1n) is 4.40. The molecule has 0 fully saturated rings. The predicted molar refractivity (Wildman–Crippen MR) is 51.2 cm³/mol. The molecular formula is C10H18O3. The highest BCUT2D eigenvalue weighted by atomic mass is 16.7. The molecule has 0 amide bonds. The first-order valence-corrected chi connectivity index (χ1v) is 4.40. The molecule has 0 radical (unpaired) electrons. The summed E-state index contributed by atoms with van der Waals surface area (Å²) in [5.74, 6) is -0.297.